The van der Waals surface area contributed by atoms with Crippen LogP contribution in [0.15, 0.2) is 69.3 Å². The maximum Gasteiger partial charge on any atom is 0.277 e. The van der Waals surface area contributed by atoms with Gasteiger partial charge in [-0.05, 0) is 44.0 Å². The minimum atomic E-state index is -3.57. The van der Waals surface area contributed by atoms with E-state index in [-0.39, 0.29) is 21.8 Å². The SMILES string of the molecule is C[C@H](Sc1nnc(-c2cccc(S(=O)(=O)N3CCCCC3)c2)o1)C(=O)c1c[nH]c2ccccc12. The largest absolute Gasteiger partial charge is 0.411 e. The van der Waals surface area contributed by atoms with Crippen LogP contribution in [0.3, 0.4) is 0 Å². The van der Waals surface area contributed by atoms with E-state index in [1.165, 1.54) is 16.1 Å². The number of carbonyl (C=O) groups excluding carboxylic acids is 1. The number of hydrogen-bond acceptors (Lipinski definition) is 7. The van der Waals surface area contributed by atoms with E-state index in [9.17, 15) is 13.2 Å². The zero-order valence-corrected chi connectivity index (χ0v) is 20.2. The van der Waals surface area contributed by atoms with Crippen LogP contribution in [0.4, 0.5) is 0 Å². The number of para-hydroxylation sites is 1. The normalized spacial score (nSPS) is 16.0. The average Bonchev–Trinajstić information content (AvgIpc) is 3.51. The fraction of sp³-hybridized carbons (Fsp3) is 0.292. The third-order valence-corrected chi connectivity index (χ3v) is 8.77. The number of fused-ring (bicyclic) bond motifs is 1. The Morgan fingerprint density at radius 3 is 2.71 bits per heavy atom. The molecule has 8 nitrogen and oxygen atoms in total. The highest BCUT2D eigenvalue weighted by Crippen LogP contribution is 2.31. The number of nitrogens with one attached hydrogen (secondary N) is 1. The molecule has 1 saturated heterocycles. The maximum atomic E-state index is 13.0. The lowest BCUT2D eigenvalue weighted by molar-refractivity contribution is 0.0995. The molecule has 1 atom stereocenters. The van der Waals surface area contributed by atoms with Gasteiger partial charge in [0, 0.05) is 41.3 Å². The molecular formula is C24H24N4O4S2. The molecule has 1 N–H and O–H groups in total. The molecule has 2 aromatic heterocycles. The molecule has 0 unspecified atom stereocenters. The molecule has 0 spiro atoms. The summed E-state index contributed by atoms with van der Waals surface area (Å²) in [7, 11) is -3.57. The van der Waals surface area contributed by atoms with E-state index in [4.69, 9.17) is 4.42 Å². The lowest BCUT2D eigenvalue weighted by Crippen LogP contribution is -2.35. The summed E-state index contributed by atoms with van der Waals surface area (Å²) >= 11 is 1.18. The maximum absolute atomic E-state index is 13.0. The van der Waals surface area contributed by atoms with Crippen LogP contribution >= 0.6 is 11.8 Å². The first-order valence-corrected chi connectivity index (χ1v) is 13.5. The topological polar surface area (TPSA) is 109 Å². The smallest absolute Gasteiger partial charge is 0.277 e. The second kappa shape index (κ2) is 9.36. The molecule has 176 valence electrons. The molecule has 0 radical (unpaired) electrons. The van der Waals surface area contributed by atoms with Gasteiger partial charge < -0.3 is 9.40 Å². The van der Waals surface area contributed by atoms with E-state index in [1.807, 2.05) is 24.3 Å². The average molecular weight is 497 g/mol. The van der Waals surface area contributed by atoms with Crippen molar-refractivity contribution in [1.82, 2.24) is 19.5 Å². The molecule has 0 amide bonds. The summed E-state index contributed by atoms with van der Waals surface area (Å²) in [5.41, 5.74) is 2.04. The van der Waals surface area contributed by atoms with Crippen molar-refractivity contribution >= 4 is 38.5 Å². The number of hydrogen-bond donors (Lipinski definition) is 1. The first kappa shape index (κ1) is 22.8. The number of aromatic nitrogens is 3. The standard InChI is InChI=1S/C24H24N4O4S2/c1-16(22(29)20-15-25-21-11-4-3-10-19(20)21)33-24-27-26-23(32-24)17-8-7-9-18(14-17)34(30,31)28-12-5-2-6-13-28/h3-4,7-11,14-16,25H,2,5-6,12-13H2,1H3/t16-/m0/s1. The van der Waals surface area contributed by atoms with Gasteiger partial charge in [-0.3, -0.25) is 4.79 Å². The minimum Gasteiger partial charge on any atom is -0.411 e. The lowest BCUT2D eigenvalue weighted by Gasteiger charge is -2.25. The molecule has 34 heavy (non-hydrogen) atoms. The second-order valence-corrected chi connectivity index (χ2v) is 11.5. The van der Waals surface area contributed by atoms with Crippen molar-refractivity contribution in [2.24, 2.45) is 0 Å². The van der Waals surface area contributed by atoms with Crippen LogP contribution in [-0.2, 0) is 10.0 Å². The summed E-state index contributed by atoms with van der Waals surface area (Å²) in [6, 6.07) is 14.2. The Bertz CT molecular complexity index is 1440. The van der Waals surface area contributed by atoms with Gasteiger partial charge in [0.15, 0.2) is 5.78 Å². The predicted octanol–water partition coefficient (Wildman–Crippen LogP) is 4.76. The zero-order valence-electron chi connectivity index (χ0n) is 18.6. The molecule has 1 aliphatic heterocycles. The molecular weight excluding hydrogens is 472 g/mol. The van der Waals surface area contributed by atoms with Gasteiger partial charge in [0.1, 0.15) is 0 Å². The number of H-pyrrole nitrogens is 1. The van der Waals surface area contributed by atoms with Gasteiger partial charge in [0.2, 0.25) is 15.9 Å². The van der Waals surface area contributed by atoms with E-state index in [0.29, 0.717) is 24.2 Å². The van der Waals surface area contributed by atoms with Crippen LogP contribution in [0.5, 0.6) is 0 Å². The molecule has 2 aromatic carbocycles. The number of piperidine rings is 1. The van der Waals surface area contributed by atoms with Crippen LogP contribution in [0.25, 0.3) is 22.4 Å². The van der Waals surface area contributed by atoms with E-state index in [0.717, 1.165) is 30.2 Å². The van der Waals surface area contributed by atoms with Crippen molar-refractivity contribution in [3.05, 3.63) is 60.3 Å². The number of carbonyl (C=O) groups is 1. The van der Waals surface area contributed by atoms with Gasteiger partial charge in [-0.1, -0.05) is 42.4 Å². The van der Waals surface area contributed by atoms with Crippen LogP contribution < -0.4 is 0 Å². The zero-order chi connectivity index (χ0) is 23.7. The van der Waals surface area contributed by atoms with Crippen molar-refractivity contribution in [3.63, 3.8) is 0 Å². The number of benzene rings is 2. The number of rotatable bonds is 7. The molecule has 1 aliphatic rings. The summed E-state index contributed by atoms with van der Waals surface area (Å²) in [6.45, 7) is 2.87. The van der Waals surface area contributed by atoms with Crippen molar-refractivity contribution in [3.8, 4) is 11.5 Å². The van der Waals surface area contributed by atoms with Crippen LogP contribution in [0.2, 0.25) is 0 Å². The Labute approximate surface area is 201 Å². The molecule has 0 bridgehead atoms. The van der Waals surface area contributed by atoms with Gasteiger partial charge in [-0.25, -0.2) is 8.42 Å². The van der Waals surface area contributed by atoms with Gasteiger partial charge in [-0.2, -0.15) is 4.31 Å². The van der Waals surface area contributed by atoms with Crippen molar-refractivity contribution in [2.75, 3.05) is 13.1 Å². The van der Waals surface area contributed by atoms with Crippen LogP contribution in [0, 0.1) is 0 Å². The molecule has 0 aliphatic carbocycles. The summed E-state index contributed by atoms with van der Waals surface area (Å²) < 4.78 is 33.3. The number of ketones is 1. The Kier molecular flexibility index (Phi) is 6.28. The molecule has 5 rings (SSSR count). The van der Waals surface area contributed by atoms with E-state index >= 15 is 0 Å². The Hall–Kier alpha value is -2.95. The quantitative estimate of drug-likeness (QED) is 0.290. The van der Waals surface area contributed by atoms with Crippen molar-refractivity contribution in [1.29, 1.82) is 0 Å². The molecule has 0 saturated carbocycles. The molecule has 4 aromatic rings. The van der Waals surface area contributed by atoms with Crippen LogP contribution in [-0.4, -0.2) is 52.0 Å². The first-order chi connectivity index (χ1) is 16.4. The lowest BCUT2D eigenvalue weighted by atomic mass is 10.1. The van der Waals surface area contributed by atoms with Gasteiger partial charge in [-0.15, -0.1) is 10.2 Å². The Balaban J connectivity index is 1.33. The fourth-order valence-corrected chi connectivity index (χ4v) is 6.43. The summed E-state index contributed by atoms with van der Waals surface area (Å²) in [5.74, 6) is 0.168. The second-order valence-electron chi connectivity index (χ2n) is 8.24. The number of nitrogens with zero attached hydrogens (tertiary/aromatic N) is 3. The van der Waals surface area contributed by atoms with Crippen molar-refractivity contribution in [2.45, 2.75) is 41.6 Å². The van der Waals surface area contributed by atoms with Gasteiger partial charge in [0.05, 0.1) is 10.1 Å². The predicted molar refractivity (Wildman–Crippen MR) is 130 cm³/mol. The van der Waals surface area contributed by atoms with Crippen LogP contribution in [0.1, 0.15) is 36.5 Å². The molecule has 1 fully saturated rings. The highest BCUT2D eigenvalue weighted by molar-refractivity contribution is 8.00. The summed E-state index contributed by atoms with van der Waals surface area (Å²) in [6.07, 6.45) is 4.52. The Morgan fingerprint density at radius 1 is 1.09 bits per heavy atom. The number of sulfonamides is 1. The van der Waals surface area contributed by atoms with Gasteiger partial charge >= 0.3 is 0 Å². The summed E-state index contributed by atoms with van der Waals surface area (Å²) in [4.78, 5) is 16.3. The van der Waals surface area contributed by atoms with Gasteiger partial charge in [0.25, 0.3) is 5.22 Å². The number of Topliss-reactive ketones (excluding diaryl/α,β-unsaturated/α-hetero) is 1. The monoisotopic (exact) mass is 496 g/mol. The first-order valence-electron chi connectivity index (χ1n) is 11.1. The number of aromatic amines is 1. The minimum absolute atomic E-state index is 0.0446. The third-order valence-electron chi connectivity index (χ3n) is 5.94. The third kappa shape index (κ3) is 4.40. The molecule has 10 heteroatoms. The van der Waals surface area contributed by atoms with E-state index in [2.05, 4.69) is 15.2 Å². The highest BCUT2D eigenvalue weighted by Gasteiger charge is 2.27. The van der Waals surface area contributed by atoms with Crippen molar-refractivity contribution < 1.29 is 17.6 Å². The van der Waals surface area contributed by atoms with E-state index in [1.54, 1.807) is 37.4 Å². The summed E-state index contributed by atoms with van der Waals surface area (Å²) in [5, 5.41) is 8.83. The molecule has 3 heterocycles. The fourth-order valence-electron chi connectivity index (χ4n) is 4.12. The van der Waals surface area contributed by atoms with E-state index < -0.39 is 15.3 Å². The Morgan fingerprint density at radius 2 is 1.88 bits per heavy atom. The number of thioether (sulfide) groups is 1. The highest BCUT2D eigenvalue weighted by atomic mass is 32.2.